The molecule has 11 heteroatoms. The van der Waals surface area contributed by atoms with Gasteiger partial charge in [-0.05, 0) is 71.4 Å². The largest absolute Gasteiger partial charge is 0.363 e. The maximum atomic E-state index is 5.61. The molecule has 0 aliphatic carbocycles. The van der Waals surface area contributed by atoms with Gasteiger partial charge in [0.2, 0.25) is 5.66 Å². The van der Waals surface area contributed by atoms with Crippen molar-refractivity contribution in [2.75, 3.05) is 9.80 Å². The number of anilines is 2. The van der Waals surface area contributed by atoms with Gasteiger partial charge in [-0.25, -0.2) is 24.9 Å². The summed E-state index contributed by atoms with van der Waals surface area (Å²) in [4.78, 5) is 48.5. The number of nitrogens with zero attached hydrogens (tertiary/aromatic N) is 9. The van der Waals surface area contributed by atoms with E-state index in [0.717, 1.165) is 49.7 Å². The summed E-state index contributed by atoms with van der Waals surface area (Å²) in [6.07, 6.45) is 14.4. The molecule has 1 aliphatic rings. The normalized spacial score (nSPS) is 19.5. The number of rotatable bonds is 7. The van der Waals surface area contributed by atoms with Gasteiger partial charge in [-0.1, -0.05) is 72.8 Å². The smallest absolute Gasteiger partial charge is 0.223 e. The van der Waals surface area contributed by atoms with Gasteiger partial charge in [-0.15, -0.1) is 0 Å². The molecule has 1 aliphatic heterocycles. The van der Waals surface area contributed by atoms with Crippen molar-refractivity contribution in [3.8, 4) is 0 Å². The van der Waals surface area contributed by atoms with Gasteiger partial charge in [-0.3, -0.25) is 9.97 Å². The molecule has 0 spiro atoms. The Morgan fingerprint density at radius 2 is 1.37 bits per heavy atom. The minimum absolute atomic E-state index is 0.459. The van der Waals surface area contributed by atoms with Crippen LogP contribution < -0.4 is 9.80 Å². The average Bonchev–Trinajstić information content (AvgIpc) is 4.04. The Labute approximate surface area is 326 Å². The van der Waals surface area contributed by atoms with Crippen molar-refractivity contribution in [3.63, 3.8) is 0 Å². The third-order valence-electron chi connectivity index (χ3n) is 11.1. The highest BCUT2D eigenvalue weighted by molar-refractivity contribution is 5.89. The number of aromatic nitrogens is 9. The van der Waals surface area contributed by atoms with E-state index in [4.69, 9.17) is 34.9 Å². The summed E-state index contributed by atoms with van der Waals surface area (Å²) in [7, 11) is 0. The van der Waals surface area contributed by atoms with Gasteiger partial charge in [0.05, 0.1) is 17.4 Å². The van der Waals surface area contributed by atoms with E-state index in [1.165, 1.54) is 0 Å². The van der Waals surface area contributed by atoms with Crippen molar-refractivity contribution in [1.82, 2.24) is 44.9 Å². The molecule has 8 heterocycles. The lowest BCUT2D eigenvalue weighted by Crippen LogP contribution is -2.58. The van der Waals surface area contributed by atoms with E-state index in [1.54, 1.807) is 31.0 Å². The molecule has 57 heavy (non-hydrogen) atoms. The maximum Gasteiger partial charge on any atom is 0.223 e. The Morgan fingerprint density at radius 3 is 2.18 bits per heavy atom. The summed E-state index contributed by atoms with van der Waals surface area (Å²) in [6, 6.07) is 44.6. The minimum Gasteiger partial charge on any atom is -0.363 e. The van der Waals surface area contributed by atoms with Crippen LogP contribution in [0.5, 0.6) is 0 Å². The van der Waals surface area contributed by atoms with E-state index < -0.39 is 17.2 Å². The quantitative estimate of drug-likeness (QED) is 0.165. The molecular weight excluding hydrogens is 707 g/mol. The Balaban J connectivity index is 1.43. The Bertz CT molecular complexity index is 2970. The zero-order valence-corrected chi connectivity index (χ0v) is 30.4. The van der Waals surface area contributed by atoms with Gasteiger partial charge >= 0.3 is 0 Å². The first-order chi connectivity index (χ1) is 28.3. The molecule has 0 amide bonds. The van der Waals surface area contributed by atoms with E-state index in [0.29, 0.717) is 23.2 Å². The third kappa shape index (κ3) is 4.75. The van der Waals surface area contributed by atoms with Crippen LogP contribution in [0.4, 0.5) is 11.6 Å². The van der Waals surface area contributed by atoms with E-state index >= 15 is 0 Å². The van der Waals surface area contributed by atoms with Crippen molar-refractivity contribution < 1.29 is 0 Å². The van der Waals surface area contributed by atoms with Crippen molar-refractivity contribution in [3.05, 3.63) is 212 Å². The number of aromatic amines is 2. The summed E-state index contributed by atoms with van der Waals surface area (Å²) in [6.45, 7) is 0. The van der Waals surface area contributed by atoms with Crippen LogP contribution in [0.25, 0.3) is 32.6 Å². The second-order valence-electron chi connectivity index (χ2n) is 14.0. The molecule has 3 atom stereocenters. The molecule has 3 unspecified atom stereocenters. The van der Waals surface area contributed by atoms with Crippen LogP contribution in [-0.2, 0) is 11.2 Å². The highest BCUT2D eigenvalue weighted by Crippen LogP contribution is 2.65. The fourth-order valence-corrected chi connectivity index (χ4v) is 8.93. The summed E-state index contributed by atoms with van der Waals surface area (Å²) < 4.78 is 0. The summed E-state index contributed by atoms with van der Waals surface area (Å²) in [5, 5.41) is 3.99. The predicted molar refractivity (Wildman–Crippen MR) is 220 cm³/mol. The van der Waals surface area contributed by atoms with Crippen molar-refractivity contribution in [2.24, 2.45) is 0 Å². The standard InChI is InChI=1S/C46H33N11/c1-4-14-34-31(11-1)21-26-51-42(34)46(44-52-24-10-25-53-44)56(41-30-47-27-28-50-41)43(37-29-33-13-3-6-16-36(33)54-37)45(38-17-9-23-48-38,57(46)40-18-7-8-22-49-40)39-20-19-32-12-2-5-15-35(32)55-39/h1-30,43,48,54H. The van der Waals surface area contributed by atoms with Crippen LogP contribution in [0, 0.1) is 0 Å². The molecule has 11 nitrogen and oxygen atoms in total. The molecule has 7 aromatic heterocycles. The number of para-hydroxylation sites is 2. The maximum absolute atomic E-state index is 5.61. The first kappa shape index (κ1) is 32.6. The first-order valence-electron chi connectivity index (χ1n) is 18.7. The molecular formula is C46H33N11. The van der Waals surface area contributed by atoms with E-state index in [1.807, 2.05) is 85.3 Å². The Morgan fingerprint density at radius 1 is 0.579 bits per heavy atom. The van der Waals surface area contributed by atoms with Gasteiger partial charge in [-0.2, -0.15) is 0 Å². The lowest BCUT2D eigenvalue weighted by molar-refractivity contribution is 0.416. The van der Waals surface area contributed by atoms with Gasteiger partial charge in [0.25, 0.3) is 0 Å². The average molecular weight is 740 g/mol. The molecule has 11 rings (SSSR count). The molecule has 272 valence electrons. The SMILES string of the molecule is c1ccc(N2C(c3ccc4ccccc4n3)(c3ccc[nH]3)C(c3cc4ccccc4[nH]3)N(c3cnccn3)C2(c2ncccn2)c2nccc3ccccc23)nc1. The van der Waals surface area contributed by atoms with E-state index in [9.17, 15) is 0 Å². The lowest BCUT2D eigenvalue weighted by atomic mass is 9.80. The number of pyridine rings is 3. The van der Waals surface area contributed by atoms with Crippen LogP contribution >= 0.6 is 0 Å². The zero-order chi connectivity index (χ0) is 37.8. The molecule has 2 N–H and O–H groups in total. The number of nitrogens with one attached hydrogen (secondary N) is 2. The fraction of sp³-hybridized carbons (Fsp3) is 0.0652. The highest BCUT2D eigenvalue weighted by Gasteiger charge is 2.72. The molecule has 3 aromatic carbocycles. The second-order valence-corrected chi connectivity index (χ2v) is 14.0. The van der Waals surface area contributed by atoms with Crippen molar-refractivity contribution in [1.29, 1.82) is 0 Å². The molecule has 1 fully saturated rings. The second kappa shape index (κ2) is 12.9. The van der Waals surface area contributed by atoms with Gasteiger partial charge in [0.15, 0.2) is 11.4 Å². The molecule has 1 saturated heterocycles. The number of benzene rings is 3. The van der Waals surface area contributed by atoms with Crippen LogP contribution in [0.3, 0.4) is 0 Å². The molecule has 10 aromatic rings. The molecule has 0 radical (unpaired) electrons. The lowest BCUT2D eigenvalue weighted by Gasteiger charge is -2.46. The number of hydrogen-bond donors (Lipinski definition) is 2. The number of H-pyrrole nitrogens is 2. The highest BCUT2D eigenvalue weighted by atomic mass is 15.6. The van der Waals surface area contributed by atoms with Gasteiger partial charge < -0.3 is 19.8 Å². The predicted octanol–water partition coefficient (Wildman–Crippen LogP) is 8.48. The van der Waals surface area contributed by atoms with Crippen molar-refractivity contribution >= 4 is 44.2 Å². The van der Waals surface area contributed by atoms with Gasteiger partial charge in [0.1, 0.15) is 23.4 Å². The monoisotopic (exact) mass is 739 g/mol. The topological polar surface area (TPSA) is 128 Å². The van der Waals surface area contributed by atoms with Gasteiger partial charge in [0, 0.05) is 71.1 Å². The minimum atomic E-state index is -1.48. The van der Waals surface area contributed by atoms with Crippen LogP contribution in [0.1, 0.15) is 34.6 Å². The third-order valence-corrected chi connectivity index (χ3v) is 11.1. The van der Waals surface area contributed by atoms with E-state index in [-0.39, 0.29) is 0 Å². The summed E-state index contributed by atoms with van der Waals surface area (Å²) in [5.41, 5.74) is 2.30. The van der Waals surface area contributed by atoms with Crippen LogP contribution in [0.2, 0.25) is 0 Å². The van der Waals surface area contributed by atoms with Crippen LogP contribution in [-0.4, -0.2) is 44.9 Å². The Hall–Kier alpha value is -7.79. The molecule has 0 saturated carbocycles. The van der Waals surface area contributed by atoms with Crippen molar-refractivity contribution in [2.45, 2.75) is 17.2 Å². The number of fused-ring (bicyclic) bond motifs is 3. The number of hydrogen-bond acceptors (Lipinski definition) is 9. The Kier molecular flexibility index (Phi) is 7.39. The van der Waals surface area contributed by atoms with E-state index in [2.05, 4.69) is 86.5 Å². The summed E-state index contributed by atoms with van der Waals surface area (Å²) in [5.74, 6) is 1.66. The zero-order valence-electron chi connectivity index (χ0n) is 30.4. The fourth-order valence-electron chi connectivity index (χ4n) is 8.93. The molecule has 0 bridgehead atoms. The summed E-state index contributed by atoms with van der Waals surface area (Å²) >= 11 is 0. The first-order valence-corrected chi connectivity index (χ1v) is 18.7. The van der Waals surface area contributed by atoms with Crippen LogP contribution in [0.15, 0.2) is 183 Å².